The van der Waals surface area contributed by atoms with Crippen molar-refractivity contribution in [1.29, 1.82) is 0 Å². The van der Waals surface area contributed by atoms with Gasteiger partial charge in [0, 0.05) is 17.7 Å². The Morgan fingerprint density at radius 2 is 2.03 bits per heavy atom. The molecule has 152 valence electrons. The van der Waals surface area contributed by atoms with Crippen molar-refractivity contribution in [3.8, 4) is 0 Å². The fourth-order valence-electron chi connectivity index (χ4n) is 4.32. The number of Topliss-reactive ketones (excluding diaryl/α,β-unsaturated/α-hetero) is 1. The number of nitrogens with zero attached hydrogens (tertiary/aromatic N) is 1. The number of fused-ring (bicyclic) bond motifs is 1. The molecule has 4 rings (SSSR count). The molecule has 6 nitrogen and oxygen atoms in total. The molecule has 1 aromatic carbocycles. The number of carbonyl (C=O) groups is 2. The van der Waals surface area contributed by atoms with Gasteiger partial charge in [-0.2, -0.15) is 0 Å². The number of amides is 1. The van der Waals surface area contributed by atoms with Crippen molar-refractivity contribution in [3.05, 3.63) is 59.7 Å². The third kappa shape index (κ3) is 3.92. The van der Waals surface area contributed by atoms with E-state index in [0.29, 0.717) is 18.7 Å². The van der Waals surface area contributed by atoms with E-state index >= 15 is 0 Å². The van der Waals surface area contributed by atoms with Crippen LogP contribution in [0, 0.1) is 5.41 Å². The van der Waals surface area contributed by atoms with Crippen molar-refractivity contribution in [2.45, 2.75) is 46.2 Å². The molecule has 1 amide bonds. The Morgan fingerprint density at radius 3 is 2.79 bits per heavy atom. The zero-order valence-electron chi connectivity index (χ0n) is 17.1. The highest BCUT2D eigenvalue weighted by atomic mass is 16.3. The molecular weight excluding hydrogens is 366 g/mol. The van der Waals surface area contributed by atoms with E-state index in [9.17, 15) is 9.59 Å². The molecule has 2 N–H and O–H groups in total. The Labute approximate surface area is 171 Å². The summed E-state index contributed by atoms with van der Waals surface area (Å²) < 4.78 is 5.29. The largest absolute Gasteiger partial charge is 0.467 e. The zero-order valence-corrected chi connectivity index (χ0v) is 17.1. The summed E-state index contributed by atoms with van der Waals surface area (Å²) >= 11 is 0. The quantitative estimate of drug-likeness (QED) is 0.825. The smallest absolute Gasteiger partial charge is 0.239 e. The van der Waals surface area contributed by atoms with E-state index in [1.165, 1.54) is 0 Å². The van der Waals surface area contributed by atoms with Crippen molar-refractivity contribution in [1.82, 2.24) is 5.32 Å². The van der Waals surface area contributed by atoms with E-state index in [-0.39, 0.29) is 29.7 Å². The Morgan fingerprint density at radius 1 is 1.24 bits per heavy atom. The number of para-hydroxylation sites is 2. The van der Waals surface area contributed by atoms with Crippen molar-refractivity contribution < 1.29 is 14.0 Å². The molecule has 2 aromatic rings. The summed E-state index contributed by atoms with van der Waals surface area (Å²) in [7, 11) is 0. The number of ketones is 1. The zero-order chi connectivity index (χ0) is 20.6. The van der Waals surface area contributed by atoms with Crippen molar-refractivity contribution >= 4 is 23.1 Å². The minimum absolute atomic E-state index is 0.0762. The standard InChI is InChI=1S/C23H27N3O3/c1-15-22-18(11-23(2,3)12-20(22)27)25-17-8-4-5-9-19(17)26(15)14-21(28)24-13-16-7-6-10-29-16/h4-10,15,25H,11-14H2,1-3H3,(H,24,28)/t15-/m0/s1. The lowest BCUT2D eigenvalue weighted by Gasteiger charge is -2.36. The van der Waals surface area contributed by atoms with Crippen LogP contribution in [0.3, 0.4) is 0 Å². The van der Waals surface area contributed by atoms with Crippen LogP contribution >= 0.6 is 0 Å². The molecule has 0 spiro atoms. The summed E-state index contributed by atoms with van der Waals surface area (Å²) in [6.07, 6.45) is 2.92. The molecule has 0 unspecified atom stereocenters. The maximum absolute atomic E-state index is 13.0. The number of hydrogen-bond acceptors (Lipinski definition) is 5. The van der Waals surface area contributed by atoms with Gasteiger partial charge in [-0.05, 0) is 43.0 Å². The molecule has 1 aliphatic carbocycles. The van der Waals surface area contributed by atoms with Gasteiger partial charge in [-0.15, -0.1) is 0 Å². The van der Waals surface area contributed by atoms with Crippen LogP contribution in [0.4, 0.5) is 11.4 Å². The van der Waals surface area contributed by atoms with Gasteiger partial charge in [-0.25, -0.2) is 0 Å². The van der Waals surface area contributed by atoms with Crippen LogP contribution in [-0.4, -0.2) is 24.3 Å². The van der Waals surface area contributed by atoms with Gasteiger partial charge < -0.3 is 20.0 Å². The second-order valence-electron chi connectivity index (χ2n) is 8.64. The van der Waals surface area contributed by atoms with Crippen molar-refractivity contribution in [3.63, 3.8) is 0 Å². The van der Waals surface area contributed by atoms with Gasteiger partial charge in [-0.1, -0.05) is 26.0 Å². The number of nitrogens with one attached hydrogen (secondary N) is 2. The van der Waals surface area contributed by atoms with Crippen molar-refractivity contribution in [2.24, 2.45) is 5.41 Å². The van der Waals surface area contributed by atoms with Gasteiger partial charge in [0.1, 0.15) is 5.76 Å². The van der Waals surface area contributed by atoms with Gasteiger partial charge >= 0.3 is 0 Å². The molecule has 0 fully saturated rings. The fraction of sp³-hybridized carbons (Fsp3) is 0.391. The molecule has 2 heterocycles. The summed E-state index contributed by atoms with van der Waals surface area (Å²) in [5, 5.41) is 6.41. The number of anilines is 2. The van der Waals surface area contributed by atoms with Gasteiger partial charge in [0.05, 0.1) is 36.8 Å². The second-order valence-corrected chi connectivity index (χ2v) is 8.64. The molecule has 0 saturated carbocycles. The van der Waals surface area contributed by atoms with E-state index in [1.54, 1.807) is 12.3 Å². The van der Waals surface area contributed by atoms with E-state index < -0.39 is 0 Å². The maximum atomic E-state index is 13.0. The molecule has 1 atom stereocenters. The predicted molar refractivity (Wildman–Crippen MR) is 112 cm³/mol. The van der Waals surface area contributed by atoms with Crippen LogP contribution in [0.25, 0.3) is 0 Å². The molecule has 1 aliphatic heterocycles. The van der Waals surface area contributed by atoms with Gasteiger partial charge in [0.15, 0.2) is 5.78 Å². The third-order valence-corrected chi connectivity index (χ3v) is 5.66. The van der Waals surface area contributed by atoms with Crippen LogP contribution < -0.4 is 15.5 Å². The van der Waals surface area contributed by atoms with Crippen LogP contribution in [0.5, 0.6) is 0 Å². The normalized spacial score (nSPS) is 20.4. The molecule has 0 saturated heterocycles. The number of benzene rings is 1. The first-order valence-electron chi connectivity index (χ1n) is 10.0. The molecular formula is C23H27N3O3. The molecule has 0 bridgehead atoms. The van der Waals surface area contributed by atoms with E-state index in [2.05, 4.69) is 24.5 Å². The fourth-order valence-corrected chi connectivity index (χ4v) is 4.32. The number of allylic oxidation sites excluding steroid dienone is 1. The van der Waals surface area contributed by atoms with Crippen LogP contribution in [0.15, 0.2) is 58.3 Å². The highest BCUT2D eigenvalue weighted by Crippen LogP contribution is 2.43. The molecule has 6 heteroatoms. The SMILES string of the molecule is C[C@H]1C2=C(CC(C)(C)CC2=O)Nc2ccccc2N1CC(=O)NCc1ccco1. The summed E-state index contributed by atoms with van der Waals surface area (Å²) in [5.74, 6) is 0.750. The second kappa shape index (κ2) is 7.43. The average molecular weight is 393 g/mol. The highest BCUT2D eigenvalue weighted by molar-refractivity contribution is 6.01. The van der Waals surface area contributed by atoms with Crippen molar-refractivity contribution in [2.75, 3.05) is 16.8 Å². The van der Waals surface area contributed by atoms with E-state index in [4.69, 9.17) is 4.42 Å². The number of carbonyl (C=O) groups excluding carboxylic acids is 2. The summed E-state index contributed by atoms with van der Waals surface area (Å²) in [4.78, 5) is 27.7. The Bertz CT molecular complexity index is 960. The maximum Gasteiger partial charge on any atom is 0.239 e. The predicted octanol–water partition coefficient (Wildman–Crippen LogP) is 3.86. The van der Waals surface area contributed by atoms with Gasteiger partial charge in [0.25, 0.3) is 0 Å². The van der Waals surface area contributed by atoms with Gasteiger partial charge in [0.2, 0.25) is 5.91 Å². The number of rotatable bonds is 4. The van der Waals surface area contributed by atoms with E-state index in [0.717, 1.165) is 29.1 Å². The lowest BCUT2D eigenvalue weighted by atomic mass is 9.74. The van der Waals surface area contributed by atoms with Crippen LogP contribution in [0.1, 0.15) is 39.4 Å². The molecule has 2 aliphatic rings. The van der Waals surface area contributed by atoms with E-state index in [1.807, 2.05) is 42.2 Å². The molecule has 0 radical (unpaired) electrons. The van der Waals surface area contributed by atoms with Crippen LogP contribution in [0.2, 0.25) is 0 Å². The first kappa shape index (κ1) is 19.3. The first-order valence-corrected chi connectivity index (χ1v) is 10.0. The first-order chi connectivity index (χ1) is 13.8. The average Bonchev–Trinajstić information content (AvgIpc) is 3.13. The topological polar surface area (TPSA) is 74.6 Å². The Balaban J connectivity index is 1.63. The highest BCUT2D eigenvalue weighted by Gasteiger charge is 2.39. The Kier molecular flexibility index (Phi) is 4.94. The molecule has 29 heavy (non-hydrogen) atoms. The lowest BCUT2D eigenvalue weighted by Crippen LogP contribution is -2.44. The molecule has 1 aromatic heterocycles. The minimum Gasteiger partial charge on any atom is -0.467 e. The number of hydrogen-bond donors (Lipinski definition) is 2. The van der Waals surface area contributed by atoms with Crippen LogP contribution in [-0.2, 0) is 16.1 Å². The summed E-state index contributed by atoms with van der Waals surface area (Å²) in [5.41, 5.74) is 3.54. The minimum atomic E-state index is -0.195. The summed E-state index contributed by atoms with van der Waals surface area (Å²) in [6, 6.07) is 11.3. The number of furan rings is 1. The Hall–Kier alpha value is -3.02. The monoisotopic (exact) mass is 393 g/mol. The summed E-state index contributed by atoms with van der Waals surface area (Å²) in [6.45, 7) is 6.76. The lowest BCUT2D eigenvalue weighted by molar-refractivity contribution is -0.121. The van der Waals surface area contributed by atoms with Gasteiger partial charge in [-0.3, -0.25) is 9.59 Å². The third-order valence-electron chi connectivity index (χ3n) is 5.66.